The number of nitrogens with one attached hydrogen (secondary N) is 1. The van der Waals surface area contributed by atoms with Gasteiger partial charge in [0.1, 0.15) is 4.90 Å². The van der Waals surface area contributed by atoms with Crippen LogP contribution in [0.1, 0.15) is 26.7 Å². The average molecular weight is 243 g/mol. The first-order chi connectivity index (χ1) is 7.53. The second-order valence-electron chi connectivity index (χ2n) is 4.50. The molecule has 1 unspecified atom stereocenters. The highest BCUT2D eigenvalue weighted by molar-refractivity contribution is 7.89. The third-order valence-electron chi connectivity index (χ3n) is 3.10. The van der Waals surface area contributed by atoms with Crippen LogP contribution in [-0.4, -0.2) is 35.5 Å². The number of hydrogen-bond acceptors (Lipinski definition) is 3. The first-order valence-electron chi connectivity index (χ1n) is 5.54. The van der Waals surface area contributed by atoms with Crippen molar-refractivity contribution in [2.45, 2.75) is 37.6 Å². The van der Waals surface area contributed by atoms with Gasteiger partial charge in [0, 0.05) is 18.8 Å². The van der Waals surface area contributed by atoms with E-state index in [1.165, 1.54) is 12.4 Å². The van der Waals surface area contributed by atoms with E-state index in [2.05, 4.69) is 24.0 Å². The van der Waals surface area contributed by atoms with Crippen LogP contribution in [0.25, 0.3) is 0 Å². The number of rotatable bonds is 3. The fourth-order valence-electron chi connectivity index (χ4n) is 2.25. The van der Waals surface area contributed by atoms with Crippen molar-refractivity contribution >= 4 is 10.0 Å². The molecule has 6 heteroatoms. The fraction of sp³-hybridized carbons (Fsp3) is 0.700. The molecule has 5 nitrogen and oxygen atoms in total. The van der Waals surface area contributed by atoms with Gasteiger partial charge in [0.15, 0.2) is 0 Å². The summed E-state index contributed by atoms with van der Waals surface area (Å²) in [6.45, 7) is 4.75. The molecule has 0 aromatic carbocycles. The van der Waals surface area contributed by atoms with Gasteiger partial charge in [-0.1, -0.05) is 13.8 Å². The van der Waals surface area contributed by atoms with Crippen molar-refractivity contribution in [3.63, 3.8) is 0 Å². The summed E-state index contributed by atoms with van der Waals surface area (Å²) in [5, 5.41) is 6.25. The molecule has 1 aliphatic heterocycles. The second kappa shape index (κ2) is 4.18. The molecular weight excluding hydrogens is 226 g/mol. The Balaban J connectivity index is 2.31. The minimum Gasteiger partial charge on any atom is -0.284 e. The van der Waals surface area contributed by atoms with Crippen molar-refractivity contribution in [3.8, 4) is 0 Å². The molecule has 1 aromatic rings. The van der Waals surface area contributed by atoms with Crippen molar-refractivity contribution in [3.05, 3.63) is 12.4 Å². The van der Waals surface area contributed by atoms with Gasteiger partial charge < -0.3 is 0 Å². The predicted octanol–water partition coefficient (Wildman–Crippen LogP) is 1.22. The second-order valence-corrected chi connectivity index (χ2v) is 6.39. The maximum absolute atomic E-state index is 12.3. The lowest BCUT2D eigenvalue weighted by atomic mass is 10.0. The van der Waals surface area contributed by atoms with Gasteiger partial charge in [-0.15, -0.1) is 0 Å². The monoisotopic (exact) mass is 243 g/mol. The highest BCUT2D eigenvalue weighted by atomic mass is 32.2. The number of aromatic amines is 1. The number of hydrogen-bond donors (Lipinski definition) is 1. The topological polar surface area (TPSA) is 66.1 Å². The van der Waals surface area contributed by atoms with Gasteiger partial charge in [-0.05, 0) is 18.8 Å². The molecule has 1 N–H and O–H groups in total. The molecule has 1 atom stereocenters. The SMILES string of the molecule is CC(C)C1CCCN1S(=O)(=O)c1cn[nH]c1. The Morgan fingerprint density at radius 3 is 2.88 bits per heavy atom. The summed E-state index contributed by atoms with van der Waals surface area (Å²) >= 11 is 0. The number of sulfonamides is 1. The maximum atomic E-state index is 12.3. The van der Waals surface area contributed by atoms with Gasteiger partial charge in [0.2, 0.25) is 10.0 Å². The minimum absolute atomic E-state index is 0.125. The predicted molar refractivity (Wildman–Crippen MR) is 60.3 cm³/mol. The molecule has 2 heterocycles. The summed E-state index contributed by atoms with van der Waals surface area (Å²) in [5.41, 5.74) is 0. The highest BCUT2D eigenvalue weighted by Gasteiger charge is 2.36. The van der Waals surface area contributed by atoms with Gasteiger partial charge >= 0.3 is 0 Å². The van der Waals surface area contributed by atoms with Gasteiger partial charge in [0.05, 0.1) is 6.20 Å². The molecule has 1 aliphatic rings. The van der Waals surface area contributed by atoms with E-state index in [1.807, 2.05) is 0 Å². The van der Waals surface area contributed by atoms with Gasteiger partial charge in [-0.2, -0.15) is 9.40 Å². The lowest BCUT2D eigenvalue weighted by Gasteiger charge is -2.26. The molecule has 2 rings (SSSR count). The van der Waals surface area contributed by atoms with Crippen LogP contribution >= 0.6 is 0 Å². The quantitative estimate of drug-likeness (QED) is 0.868. The van der Waals surface area contributed by atoms with Crippen molar-refractivity contribution in [2.75, 3.05) is 6.54 Å². The standard InChI is InChI=1S/C10H17N3O2S/c1-8(2)10-4-3-5-13(10)16(14,15)9-6-11-12-7-9/h6-8,10H,3-5H2,1-2H3,(H,11,12). The number of H-pyrrole nitrogens is 1. The summed E-state index contributed by atoms with van der Waals surface area (Å²) in [7, 11) is -3.35. The normalized spacial score (nSPS) is 23.1. The van der Waals surface area contributed by atoms with Crippen molar-refractivity contribution < 1.29 is 8.42 Å². The Hall–Kier alpha value is -0.880. The molecule has 0 bridgehead atoms. The molecule has 90 valence electrons. The van der Waals surface area contributed by atoms with E-state index in [9.17, 15) is 8.42 Å². The lowest BCUT2D eigenvalue weighted by Crippen LogP contribution is -2.38. The van der Waals surface area contributed by atoms with Crippen LogP contribution < -0.4 is 0 Å². The van der Waals surface area contributed by atoms with Gasteiger partial charge in [-0.3, -0.25) is 5.10 Å². The van der Waals surface area contributed by atoms with Crippen molar-refractivity contribution in [1.29, 1.82) is 0 Å². The zero-order valence-electron chi connectivity index (χ0n) is 9.55. The highest BCUT2D eigenvalue weighted by Crippen LogP contribution is 2.29. The Bertz CT molecular complexity index is 439. The zero-order chi connectivity index (χ0) is 11.8. The maximum Gasteiger partial charge on any atom is 0.246 e. The molecule has 0 radical (unpaired) electrons. The molecule has 1 aromatic heterocycles. The molecule has 0 amide bonds. The van der Waals surface area contributed by atoms with E-state index in [0.29, 0.717) is 12.5 Å². The van der Waals surface area contributed by atoms with E-state index >= 15 is 0 Å². The number of nitrogens with zero attached hydrogens (tertiary/aromatic N) is 2. The summed E-state index contributed by atoms with van der Waals surface area (Å²) in [5.74, 6) is 0.351. The molecule has 1 fully saturated rings. The first-order valence-corrected chi connectivity index (χ1v) is 6.98. The first kappa shape index (κ1) is 11.6. The van der Waals surface area contributed by atoms with Crippen molar-refractivity contribution in [1.82, 2.24) is 14.5 Å². The summed E-state index contributed by atoms with van der Waals surface area (Å²) in [4.78, 5) is 0.264. The van der Waals surface area contributed by atoms with E-state index in [0.717, 1.165) is 12.8 Å². The van der Waals surface area contributed by atoms with E-state index in [1.54, 1.807) is 4.31 Å². The van der Waals surface area contributed by atoms with E-state index in [4.69, 9.17) is 0 Å². The zero-order valence-corrected chi connectivity index (χ0v) is 10.4. The van der Waals surface area contributed by atoms with Crippen molar-refractivity contribution in [2.24, 2.45) is 5.92 Å². The smallest absolute Gasteiger partial charge is 0.246 e. The van der Waals surface area contributed by atoms with Crippen LogP contribution in [0, 0.1) is 5.92 Å². The third kappa shape index (κ3) is 1.87. The minimum atomic E-state index is -3.35. The molecule has 1 saturated heterocycles. The van der Waals surface area contributed by atoms with Crippen LogP contribution in [0.2, 0.25) is 0 Å². The Morgan fingerprint density at radius 2 is 2.31 bits per heavy atom. The lowest BCUT2D eigenvalue weighted by molar-refractivity contribution is 0.316. The fourth-order valence-corrected chi connectivity index (χ4v) is 3.98. The van der Waals surface area contributed by atoms with Crippen LogP contribution in [0.5, 0.6) is 0 Å². The Morgan fingerprint density at radius 1 is 1.56 bits per heavy atom. The molecule has 0 saturated carbocycles. The molecule has 0 aliphatic carbocycles. The average Bonchev–Trinajstić information content (AvgIpc) is 2.89. The summed E-state index contributed by atoms with van der Waals surface area (Å²) in [6, 6.07) is 0.125. The van der Waals surface area contributed by atoms with Crippen LogP contribution in [0.3, 0.4) is 0 Å². The molecule has 0 spiro atoms. The van der Waals surface area contributed by atoms with Crippen LogP contribution in [0.4, 0.5) is 0 Å². The molecular formula is C10H17N3O2S. The molecule has 16 heavy (non-hydrogen) atoms. The van der Waals surface area contributed by atoms with E-state index in [-0.39, 0.29) is 10.9 Å². The Labute approximate surface area is 95.9 Å². The Kier molecular flexibility index (Phi) is 3.03. The van der Waals surface area contributed by atoms with Crippen LogP contribution in [-0.2, 0) is 10.0 Å². The summed E-state index contributed by atoms with van der Waals surface area (Å²) < 4.78 is 26.2. The number of aromatic nitrogens is 2. The largest absolute Gasteiger partial charge is 0.284 e. The van der Waals surface area contributed by atoms with Crippen LogP contribution in [0.15, 0.2) is 17.3 Å². The van der Waals surface area contributed by atoms with E-state index < -0.39 is 10.0 Å². The van der Waals surface area contributed by atoms with Gasteiger partial charge in [0.25, 0.3) is 0 Å². The summed E-state index contributed by atoms with van der Waals surface area (Å²) in [6.07, 6.45) is 4.70. The third-order valence-corrected chi connectivity index (χ3v) is 4.99. The van der Waals surface area contributed by atoms with Gasteiger partial charge in [-0.25, -0.2) is 8.42 Å².